The minimum absolute atomic E-state index is 0.0994. The van der Waals surface area contributed by atoms with Gasteiger partial charge in [-0.15, -0.1) is 0 Å². The van der Waals surface area contributed by atoms with Crippen LogP contribution in [0, 0.1) is 5.82 Å². The van der Waals surface area contributed by atoms with Crippen LogP contribution in [0.25, 0.3) is 4.96 Å². The normalized spacial score (nSPS) is 16.4. The number of anilines is 1. The molecule has 0 spiro atoms. The number of nitrogens with zero attached hydrogens (tertiary/aromatic N) is 5. The van der Waals surface area contributed by atoms with Crippen molar-refractivity contribution in [1.29, 1.82) is 0 Å². The average Bonchev–Trinajstić information content (AvgIpc) is 3.34. The van der Waals surface area contributed by atoms with Crippen molar-refractivity contribution in [3.8, 4) is 5.88 Å². The van der Waals surface area contributed by atoms with Gasteiger partial charge in [0.2, 0.25) is 10.8 Å². The van der Waals surface area contributed by atoms with Gasteiger partial charge in [0.15, 0.2) is 0 Å². The quantitative estimate of drug-likeness (QED) is 0.559. The Labute approximate surface area is 171 Å². The summed E-state index contributed by atoms with van der Waals surface area (Å²) in [7, 11) is 0. The summed E-state index contributed by atoms with van der Waals surface area (Å²) in [5.41, 5.74) is 2.16. The van der Waals surface area contributed by atoms with Crippen LogP contribution in [0.1, 0.15) is 16.5 Å². The Morgan fingerprint density at radius 3 is 2.38 bits per heavy atom. The molecule has 0 saturated carbocycles. The number of rotatable bonds is 4. The number of piperazine rings is 1. The molecule has 0 radical (unpaired) electrons. The number of thiazole rings is 1. The van der Waals surface area contributed by atoms with Gasteiger partial charge in [0.1, 0.15) is 12.1 Å². The van der Waals surface area contributed by atoms with Crippen molar-refractivity contribution >= 4 is 22.0 Å². The molecular formula is C21H20FN5OS. The molecule has 2 aromatic heterocycles. The molecule has 1 atom stereocenters. The Morgan fingerprint density at radius 2 is 1.69 bits per heavy atom. The molecule has 148 valence electrons. The predicted octanol–water partition coefficient (Wildman–Crippen LogP) is 3.55. The van der Waals surface area contributed by atoms with Gasteiger partial charge in [-0.1, -0.05) is 41.7 Å². The first-order chi connectivity index (χ1) is 14.2. The van der Waals surface area contributed by atoms with Gasteiger partial charge in [0.05, 0.1) is 10.9 Å². The van der Waals surface area contributed by atoms with Crippen molar-refractivity contribution in [3.63, 3.8) is 0 Å². The highest BCUT2D eigenvalue weighted by atomic mass is 32.1. The maximum atomic E-state index is 13.5. The van der Waals surface area contributed by atoms with Crippen molar-refractivity contribution in [3.05, 3.63) is 77.2 Å². The van der Waals surface area contributed by atoms with E-state index in [9.17, 15) is 9.50 Å². The van der Waals surface area contributed by atoms with Crippen LogP contribution in [0.5, 0.6) is 5.88 Å². The van der Waals surface area contributed by atoms with E-state index in [0.29, 0.717) is 4.96 Å². The highest BCUT2D eigenvalue weighted by Crippen LogP contribution is 2.40. The Hall–Kier alpha value is -2.97. The van der Waals surface area contributed by atoms with E-state index >= 15 is 0 Å². The molecule has 1 saturated heterocycles. The van der Waals surface area contributed by atoms with Crippen LogP contribution in [0.15, 0.2) is 60.9 Å². The number of aromatic nitrogens is 3. The van der Waals surface area contributed by atoms with Gasteiger partial charge in [-0.2, -0.15) is 9.61 Å². The van der Waals surface area contributed by atoms with Gasteiger partial charge in [0, 0.05) is 31.9 Å². The highest BCUT2D eigenvalue weighted by molar-refractivity contribution is 7.17. The molecule has 4 aromatic rings. The molecule has 1 N–H and O–H groups in total. The SMILES string of the molecule is Oc1c([C@@H](c2ccc(F)cc2)N2CCN(c3ccccc3)CC2)sc2ncnn12. The van der Waals surface area contributed by atoms with Crippen molar-refractivity contribution in [2.75, 3.05) is 31.1 Å². The second-order valence-electron chi connectivity index (χ2n) is 7.06. The number of aromatic hydroxyl groups is 1. The summed E-state index contributed by atoms with van der Waals surface area (Å²) in [6.07, 6.45) is 1.43. The lowest BCUT2D eigenvalue weighted by molar-refractivity contribution is 0.211. The van der Waals surface area contributed by atoms with Gasteiger partial charge < -0.3 is 10.0 Å². The van der Waals surface area contributed by atoms with E-state index < -0.39 is 0 Å². The molecular weight excluding hydrogens is 389 g/mol. The van der Waals surface area contributed by atoms with E-state index in [-0.39, 0.29) is 17.7 Å². The van der Waals surface area contributed by atoms with Crippen LogP contribution in [-0.4, -0.2) is 50.8 Å². The van der Waals surface area contributed by atoms with Gasteiger partial charge in [-0.05, 0) is 29.8 Å². The minimum atomic E-state index is -0.270. The Bertz CT molecular complexity index is 1100. The first-order valence-corrected chi connectivity index (χ1v) is 10.3. The summed E-state index contributed by atoms with van der Waals surface area (Å²) in [5, 5.41) is 14.9. The van der Waals surface area contributed by atoms with Crippen LogP contribution in [0.4, 0.5) is 10.1 Å². The van der Waals surface area contributed by atoms with Gasteiger partial charge in [-0.3, -0.25) is 4.90 Å². The number of para-hydroxylation sites is 1. The first-order valence-electron chi connectivity index (χ1n) is 9.51. The summed E-state index contributed by atoms with van der Waals surface area (Å²) < 4.78 is 15.0. The largest absolute Gasteiger partial charge is 0.492 e. The zero-order valence-electron chi connectivity index (χ0n) is 15.6. The predicted molar refractivity (Wildman–Crippen MR) is 111 cm³/mol. The molecule has 0 bridgehead atoms. The fourth-order valence-corrected chi connectivity index (χ4v) is 5.01. The fourth-order valence-electron chi connectivity index (χ4n) is 3.92. The average molecular weight is 409 g/mol. The van der Waals surface area contributed by atoms with Crippen molar-refractivity contribution in [2.45, 2.75) is 6.04 Å². The van der Waals surface area contributed by atoms with Crippen LogP contribution in [0.2, 0.25) is 0 Å². The van der Waals surface area contributed by atoms with Crippen molar-refractivity contribution < 1.29 is 9.50 Å². The molecule has 8 heteroatoms. The fraction of sp³-hybridized carbons (Fsp3) is 0.238. The topological polar surface area (TPSA) is 56.9 Å². The van der Waals surface area contributed by atoms with E-state index in [1.807, 2.05) is 6.07 Å². The summed E-state index contributed by atoms with van der Waals surface area (Å²) >= 11 is 1.42. The summed E-state index contributed by atoms with van der Waals surface area (Å²) in [5.74, 6) is -0.171. The number of benzene rings is 2. The zero-order chi connectivity index (χ0) is 19.8. The van der Waals surface area contributed by atoms with Crippen molar-refractivity contribution in [1.82, 2.24) is 19.5 Å². The molecule has 6 nitrogen and oxygen atoms in total. The van der Waals surface area contributed by atoms with E-state index in [4.69, 9.17) is 0 Å². The Kier molecular flexibility index (Phi) is 4.65. The lowest BCUT2D eigenvalue weighted by Gasteiger charge is -2.40. The zero-order valence-corrected chi connectivity index (χ0v) is 16.5. The van der Waals surface area contributed by atoms with E-state index in [1.54, 1.807) is 12.1 Å². The van der Waals surface area contributed by atoms with Crippen LogP contribution >= 0.6 is 11.3 Å². The lowest BCUT2D eigenvalue weighted by atomic mass is 10.0. The molecule has 2 aromatic carbocycles. The third-order valence-electron chi connectivity index (χ3n) is 5.37. The molecule has 1 aliphatic heterocycles. The number of hydrogen-bond acceptors (Lipinski definition) is 6. The molecule has 0 unspecified atom stereocenters. The maximum absolute atomic E-state index is 13.5. The Morgan fingerprint density at radius 1 is 0.966 bits per heavy atom. The minimum Gasteiger partial charge on any atom is -0.492 e. The molecule has 0 amide bonds. The highest BCUT2D eigenvalue weighted by Gasteiger charge is 2.31. The molecule has 29 heavy (non-hydrogen) atoms. The molecule has 0 aliphatic carbocycles. The van der Waals surface area contributed by atoms with Crippen LogP contribution < -0.4 is 4.90 Å². The molecule has 1 aliphatic rings. The third-order valence-corrected chi connectivity index (χ3v) is 6.46. The molecule has 3 heterocycles. The smallest absolute Gasteiger partial charge is 0.230 e. The maximum Gasteiger partial charge on any atom is 0.230 e. The van der Waals surface area contributed by atoms with E-state index in [1.165, 1.54) is 40.0 Å². The van der Waals surface area contributed by atoms with Crippen molar-refractivity contribution in [2.24, 2.45) is 0 Å². The summed E-state index contributed by atoms with van der Waals surface area (Å²) in [6, 6.07) is 16.7. The van der Waals surface area contributed by atoms with Crippen LogP contribution in [0.3, 0.4) is 0 Å². The summed E-state index contributed by atoms with van der Waals surface area (Å²) in [6.45, 7) is 3.40. The first kappa shape index (κ1) is 18.1. The summed E-state index contributed by atoms with van der Waals surface area (Å²) in [4.78, 5) is 10.3. The lowest BCUT2D eigenvalue weighted by Crippen LogP contribution is -2.47. The third kappa shape index (κ3) is 3.34. The van der Waals surface area contributed by atoms with E-state index in [2.05, 4.69) is 44.1 Å². The second-order valence-corrected chi connectivity index (χ2v) is 8.07. The second kappa shape index (κ2) is 7.46. The molecule has 1 fully saturated rings. The number of hydrogen-bond donors (Lipinski definition) is 1. The van der Waals surface area contributed by atoms with Gasteiger partial charge >= 0.3 is 0 Å². The Balaban J connectivity index is 1.47. The van der Waals surface area contributed by atoms with E-state index in [0.717, 1.165) is 36.6 Å². The standard InChI is InChI=1S/C21H20FN5OS/c22-16-8-6-15(7-9-16)18(19-20(28)27-21(29-19)23-14-24-27)26-12-10-25(11-13-26)17-4-2-1-3-5-17/h1-9,14,18,28H,10-13H2/t18-/m1/s1. The number of fused-ring (bicyclic) bond motifs is 1. The number of halogens is 1. The van der Waals surface area contributed by atoms with Crippen LogP contribution in [-0.2, 0) is 0 Å². The molecule has 5 rings (SSSR count). The van der Waals surface area contributed by atoms with Gasteiger partial charge in [0.25, 0.3) is 0 Å². The monoisotopic (exact) mass is 409 g/mol. The van der Waals surface area contributed by atoms with Gasteiger partial charge in [-0.25, -0.2) is 9.37 Å².